The minimum absolute atomic E-state index is 0.0425. The van der Waals surface area contributed by atoms with Gasteiger partial charge in [0.15, 0.2) is 11.6 Å². The molecule has 3 aliphatic rings. The molecule has 0 radical (unpaired) electrons. The van der Waals surface area contributed by atoms with E-state index in [1.165, 1.54) is 0 Å². The lowest BCUT2D eigenvalue weighted by Gasteiger charge is -2.42. The van der Waals surface area contributed by atoms with Crippen LogP contribution >= 0.6 is 0 Å². The van der Waals surface area contributed by atoms with E-state index in [9.17, 15) is 10.1 Å². The normalized spacial score (nSPS) is 19.5. The number of para-hydroxylation sites is 1. The van der Waals surface area contributed by atoms with Gasteiger partial charge < -0.3 is 15.2 Å². The van der Waals surface area contributed by atoms with Crippen molar-refractivity contribution in [1.82, 2.24) is 0 Å². The Balaban J connectivity index is 1.83. The maximum atomic E-state index is 13.3. The van der Waals surface area contributed by atoms with Crippen molar-refractivity contribution < 1.29 is 14.3 Å². The molecule has 2 aromatic carbocycles. The average molecular weight is 426 g/mol. The fraction of sp³-hybridized carbons (Fsp3) is 0.240. The van der Waals surface area contributed by atoms with Gasteiger partial charge in [-0.1, -0.05) is 18.2 Å². The van der Waals surface area contributed by atoms with Crippen LogP contribution in [0.15, 0.2) is 70.1 Å². The van der Waals surface area contributed by atoms with Crippen molar-refractivity contribution >= 4 is 17.3 Å². The molecule has 7 nitrogen and oxygen atoms in total. The van der Waals surface area contributed by atoms with Crippen LogP contribution in [-0.4, -0.2) is 25.8 Å². The Morgan fingerprint density at radius 1 is 1.16 bits per heavy atom. The van der Waals surface area contributed by atoms with Crippen molar-refractivity contribution in [3.63, 3.8) is 0 Å². The molecule has 0 aromatic heterocycles. The van der Waals surface area contributed by atoms with E-state index >= 15 is 0 Å². The highest BCUT2D eigenvalue weighted by Gasteiger charge is 2.43. The van der Waals surface area contributed by atoms with Crippen LogP contribution in [0.25, 0.3) is 0 Å². The van der Waals surface area contributed by atoms with E-state index in [4.69, 9.17) is 15.2 Å². The molecule has 0 bridgehead atoms. The number of methoxy groups -OCH3 is 2. The molecule has 2 heterocycles. The number of hydrogen-bond donors (Lipinski definition) is 1. The van der Waals surface area contributed by atoms with Gasteiger partial charge >= 0.3 is 0 Å². The van der Waals surface area contributed by atoms with Crippen LogP contribution in [0.2, 0.25) is 0 Å². The van der Waals surface area contributed by atoms with Gasteiger partial charge in [0.2, 0.25) is 0 Å². The van der Waals surface area contributed by atoms with Gasteiger partial charge in [0, 0.05) is 34.9 Å². The first-order valence-corrected chi connectivity index (χ1v) is 10.4. The maximum Gasteiger partial charge on any atom is 0.161 e. The topological polar surface area (TPSA) is 101 Å². The van der Waals surface area contributed by atoms with Crippen LogP contribution in [0.5, 0.6) is 11.5 Å². The van der Waals surface area contributed by atoms with Crippen molar-refractivity contribution in [2.75, 3.05) is 19.1 Å². The first-order valence-electron chi connectivity index (χ1n) is 10.4. The second-order valence-corrected chi connectivity index (χ2v) is 7.88. The minimum Gasteiger partial charge on any atom is -0.497 e. The highest BCUT2D eigenvalue weighted by atomic mass is 16.5. The summed E-state index contributed by atoms with van der Waals surface area (Å²) in [5.41, 5.74) is 10.5. The highest BCUT2D eigenvalue weighted by Crippen LogP contribution is 2.51. The second kappa shape index (κ2) is 7.57. The summed E-state index contributed by atoms with van der Waals surface area (Å²) in [6.07, 6.45) is 1.90. The standard InChI is InChI=1S/C25H22N4O3/c1-31-14-10-11-16(21(12-14)32-2)22-17(13-26)25-28-24(27)15-6-3-4-7-18(15)29(25)19-8-5-9-20(30)23(19)22/h3-4,6-7,10-12,22H,5,8-9H2,1-2H3,(H2,27,28)/t22-/m0/s1. The second-order valence-electron chi connectivity index (χ2n) is 7.88. The van der Waals surface area contributed by atoms with E-state index < -0.39 is 5.92 Å². The van der Waals surface area contributed by atoms with Gasteiger partial charge in [-0.3, -0.25) is 9.69 Å². The third-order valence-corrected chi connectivity index (χ3v) is 6.25. The van der Waals surface area contributed by atoms with E-state index in [2.05, 4.69) is 11.1 Å². The molecule has 0 saturated heterocycles. The fourth-order valence-electron chi connectivity index (χ4n) is 4.84. The van der Waals surface area contributed by atoms with Gasteiger partial charge in [-0.15, -0.1) is 0 Å². The minimum atomic E-state index is -0.586. The van der Waals surface area contributed by atoms with Crippen LogP contribution < -0.4 is 20.1 Å². The number of ether oxygens (including phenoxy) is 2. The molecule has 0 spiro atoms. The molecule has 1 atom stereocenters. The Hall–Kier alpha value is -4.05. The Labute approximate surface area is 186 Å². The summed E-state index contributed by atoms with van der Waals surface area (Å²) >= 11 is 0. The third kappa shape index (κ3) is 2.80. The summed E-state index contributed by atoms with van der Waals surface area (Å²) in [6.45, 7) is 0. The van der Waals surface area contributed by atoms with Crippen molar-refractivity contribution in [3.05, 3.63) is 76.3 Å². The molecule has 0 unspecified atom stereocenters. The smallest absolute Gasteiger partial charge is 0.161 e. The SMILES string of the molecule is COc1ccc([C@H]2C(C#N)=C3N=C(N)c4ccccc4N3C3=C2C(=O)CCC3)c(OC)c1. The number of hydrogen-bond acceptors (Lipinski definition) is 7. The maximum absolute atomic E-state index is 13.3. The van der Waals surface area contributed by atoms with Gasteiger partial charge in [0.05, 0.1) is 37.5 Å². The number of carbonyl (C=O) groups is 1. The number of ketones is 1. The predicted molar refractivity (Wildman–Crippen MR) is 120 cm³/mol. The van der Waals surface area contributed by atoms with Crippen molar-refractivity contribution in [2.24, 2.45) is 10.7 Å². The molecule has 7 heteroatoms. The molecule has 2 N–H and O–H groups in total. The molecule has 5 rings (SSSR count). The zero-order valence-electron chi connectivity index (χ0n) is 17.9. The summed E-state index contributed by atoms with van der Waals surface area (Å²) in [5.74, 6) is 1.46. The zero-order valence-corrected chi connectivity index (χ0v) is 17.9. The lowest BCUT2D eigenvalue weighted by molar-refractivity contribution is -0.116. The Morgan fingerprint density at radius 3 is 2.72 bits per heavy atom. The molecule has 0 fully saturated rings. The quantitative estimate of drug-likeness (QED) is 0.802. The van der Waals surface area contributed by atoms with Gasteiger partial charge in [-0.25, -0.2) is 4.99 Å². The molecule has 32 heavy (non-hydrogen) atoms. The largest absolute Gasteiger partial charge is 0.497 e. The highest BCUT2D eigenvalue weighted by molar-refractivity contribution is 6.08. The van der Waals surface area contributed by atoms with Crippen LogP contribution in [0.4, 0.5) is 5.69 Å². The lowest BCUT2D eigenvalue weighted by atomic mass is 9.75. The zero-order chi connectivity index (χ0) is 22.4. The van der Waals surface area contributed by atoms with Gasteiger partial charge in [-0.05, 0) is 31.0 Å². The molecular weight excluding hydrogens is 404 g/mol. The number of rotatable bonds is 3. The van der Waals surface area contributed by atoms with E-state index in [1.807, 2.05) is 41.3 Å². The lowest BCUT2D eigenvalue weighted by Crippen LogP contribution is -2.39. The summed E-state index contributed by atoms with van der Waals surface area (Å²) in [4.78, 5) is 19.9. The molecule has 0 amide bonds. The number of carbonyl (C=O) groups excluding carboxylic acids is 1. The molecule has 2 aromatic rings. The average Bonchev–Trinajstić information content (AvgIpc) is 2.83. The number of anilines is 1. The summed E-state index contributed by atoms with van der Waals surface area (Å²) < 4.78 is 11.0. The summed E-state index contributed by atoms with van der Waals surface area (Å²) in [6, 6.07) is 15.4. The Kier molecular flexibility index (Phi) is 4.71. The Morgan fingerprint density at radius 2 is 1.97 bits per heavy atom. The van der Waals surface area contributed by atoms with E-state index in [1.54, 1.807) is 20.3 Å². The van der Waals surface area contributed by atoms with Crippen molar-refractivity contribution in [1.29, 1.82) is 5.26 Å². The van der Waals surface area contributed by atoms with Crippen molar-refractivity contribution in [2.45, 2.75) is 25.2 Å². The van der Waals surface area contributed by atoms with Crippen LogP contribution in [0.1, 0.15) is 36.3 Å². The molecule has 1 aliphatic carbocycles. The number of fused-ring (bicyclic) bond motifs is 4. The van der Waals surface area contributed by atoms with E-state index in [0.29, 0.717) is 47.1 Å². The van der Waals surface area contributed by atoms with Gasteiger partial charge in [0.1, 0.15) is 17.3 Å². The molecular formula is C25H22N4O3. The molecule has 2 aliphatic heterocycles. The molecule has 0 saturated carbocycles. The number of nitrogens with zero attached hydrogens (tertiary/aromatic N) is 3. The summed E-state index contributed by atoms with van der Waals surface area (Å²) in [7, 11) is 3.15. The monoisotopic (exact) mass is 426 g/mol. The Bertz CT molecular complexity index is 1280. The third-order valence-electron chi connectivity index (χ3n) is 6.25. The number of aliphatic imine (C=N–C) groups is 1. The van der Waals surface area contributed by atoms with E-state index in [-0.39, 0.29) is 5.78 Å². The van der Waals surface area contributed by atoms with Gasteiger partial charge in [-0.2, -0.15) is 5.26 Å². The van der Waals surface area contributed by atoms with Crippen LogP contribution in [-0.2, 0) is 4.79 Å². The van der Waals surface area contributed by atoms with Crippen molar-refractivity contribution in [3.8, 4) is 17.6 Å². The number of nitriles is 1. The van der Waals surface area contributed by atoms with Crippen LogP contribution in [0.3, 0.4) is 0 Å². The van der Waals surface area contributed by atoms with Crippen LogP contribution in [0, 0.1) is 11.3 Å². The fourth-order valence-corrected chi connectivity index (χ4v) is 4.84. The predicted octanol–water partition coefficient (Wildman–Crippen LogP) is 3.77. The first-order chi connectivity index (χ1) is 15.6. The first kappa shape index (κ1) is 19.9. The van der Waals surface area contributed by atoms with E-state index in [0.717, 1.165) is 28.9 Å². The number of amidine groups is 1. The number of Topliss-reactive ketones (excluding diaryl/α,β-unsaturated/α-hetero) is 1. The number of benzene rings is 2. The molecule has 160 valence electrons. The van der Waals surface area contributed by atoms with Gasteiger partial charge in [0.25, 0.3) is 0 Å². The number of allylic oxidation sites excluding steroid dienone is 3. The number of nitrogens with two attached hydrogens (primary N) is 1. The summed E-state index contributed by atoms with van der Waals surface area (Å²) in [5, 5.41) is 10.3.